The minimum atomic E-state index is -0.747. The van der Waals surface area contributed by atoms with Crippen LogP contribution in [-0.2, 0) is 11.3 Å². The third-order valence-electron chi connectivity index (χ3n) is 5.32. The van der Waals surface area contributed by atoms with Gasteiger partial charge in [0.2, 0.25) is 0 Å². The van der Waals surface area contributed by atoms with E-state index >= 15 is 0 Å². The number of nitrogens with zero attached hydrogens (tertiary/aromatic N) is 4. The monoisotopic (exact) mass is 404 g/mol. The summed E-state index contributed by atoms with van der Waals surface area (Å²) in [6.45, 7) is 4.05. The van der Waals surface area contributed by atoms with Crippen molar-refractivity contribution in [3.63, 3.8) is 0 Å². The van der Waals surface area contributed by atoms with Crippen molar-refractivity contribution in [2.75, 3.05) is 18.5 Å². The molecule has 0 radical (unpaired) electrons. The van der Waals surface area contributed by atoms with Crippen LogP contribution < -0.4 is 10.6 Å². The third kappa shape index (κ3) is 3.98. The highest BCUT2D eigenvalue weighted by atomic mass is 16.5. The quantitative estimate of drug-likeness (QED) is 0.654. The summed E-state index contributed by atoms with van der Waals surface area (Å²) in [4.78, 5) is 17.7. The number of benzene rings is 1. The summed E-state index contributed by atoms with van der Waals surface area (Å²) in [5.74, 6) is -0.349. The minimum absolute atomic E-state index is 0.196. The second-order valence-corrected chi connectivity index (χ2v) is 7.22. The fourth-order valence-corrected chi connectivity index (χ4v) is 3.68. The summed E-state index contributed by atoms with van der Waals surface area (Å²) >= 11 is 0. The molecule has 1 aliphatic rings. The summed E-state index contributed by atoms with van der Waals surface area (Å²) in [6, 6.07) is 10.8. The average molecular weight is 404 g/mol. The number of aromatic nitrogens is 3. The van der Waals surface area contributed by atoms with Gasteiger partial charge in [-0.05, 0) is 25.3 Å². The molecule has 0 aliphatic carbocycles. The lowest BCUT2D eigenvalue weighted by Gasteiger charge is -2.25. The van der Waals surface area contributed by atoms with Crippen LogP contribution in [0.2, 0.25) is 0 Å². The number of carbonyl (C=O) groups excluding carboxylic acids is 1. The van der Waals surface area contributed by atoms with Gasteiger partial charge in [0.1, 0.15) is 6.04 Å². The number of fused-ring (bicyclic) bond motifs is 1. The SMILES string of the molecule is CCn1ncc2c(NC3CCOCC3)c(C(=O)NC(C#N)c3ccccc3)cnc21. The predicted octanol–water partition coefficient (Wildman–Crippen LogP) is 3.04. The van der Waals surface area contributed by atoms with Crippen LogP contribution in [0, 0.1) is 11.3 Å². The molecule has 3 heterocycles. The zero-order valence-corrected chi connectivity index (χ0v) is 16.8. The molecule has 0 saturated carbocycles. The minimum Gasteiger partial charge on any atom is -0.381 e. The van der Waals surface area contributed by atoms with Crippen molar-refractivity contribution < 1.29 is 9.53 Å². The third-order valence-corrected chi connectivity index (χ3v) is 5.32. The van der Waals surface area contributed by atoms with Crippen LogP contribution in [0.15, 0.2) is 42.7 Å². The lowest BCUT2D eigenvalue weighted by molar-refractivity contribution is 0.0903. The first-order chi connectivity index (χ1) is 14.7. The van der Waals surface area contributed by atoms with Gasteiger partial charge in [0.15, 0.2) is 5.65 Å². The highest BCUT2D eigenvalue weighted by Crippen LogP contribution is 2.29. The van der Waals surface area contributed by atoms with E-state index in [9.17, 15) is 10.1 Å². The number of nitrogens with one attached hydrogen (secondary N) is 2. The number of rotatable bonds is 6. The molecule has 1 fully saturated rings. The van der Waals surface area contributed by atoms with Gasteiger partial charge in [-0.3, -0.25) is 4.79 Å². The zero-order valence-electron chi connectivity index (χ0n) is 16.8. The summed E-state index contributed by atoms with van der Waals surface area (Å²) in [7, 11) is 0. The Morgan fingerprint density at radius 1 is 1.30 bits per heavy atom. The molecule has 154 valence electrons. The number of amides is 1. The molecular formula is C22H24N6O2. The molecule has 1 saturated heterocycles. The standard InChI is InChI=1S/C22H24N6O2/c1-2-28-21-17(14-25-28)20(26-16-8-10-30-11-9-16)18(13-24-21)22(29)27-19(12-23)15-6-4-3-5-7-15/h3-7,13-14,16,19H,2,8-11H2,1H3,(H,24,26)(H,27,29). The van der Waals surface area contributed by atoms with Gasteiger partial charge in [-0.2, -0.15) is 10.4 Å². The second-order valence-electron chi connectivity index (χ2n) is 7.22. The molecule has 1 aromatic carbocycles. The van der Waals surface area contributed by atoms with Gasteiger partial charge in [0.05, 0.1) is 28.9 Å². The Labute approximate surface area is 174 Å². The highest BCUT2D eigenvalue weighted by molar-refractivity contribution is 6.06. The molecule has 1 amide bonds. The van der Waals surface area contributed by atoms with E-state index in [2.05, 4.69) is 26.8 Å². The van der Waals surface area contributed by atoms with Crippen LogP contribution in [-0.4, -0.2) is 39.9 Å². The van der Waals surface area contributed by atoms with Crippen LogP contribution in [0.5, 0.6) is 0 Å². The van der Waals surface area contributed by atoms with E-state index in [4.69, 9.17) is 4.74 Å². The van der Waals surface area contributed by atoms with Crippen molar-refractivity contribution >= 4 is 22.6 Å². The number of pyridine rings is 1. The second kappa shape index (κ2) is 8.93. The molecule has 0 bridgehead atoms. The van der Waals surface area contributed by atoms with Crippen LogP contribution in [0.4, 0.5) is 5.69 Å². The van der Waals surface area contributed by atoms with Crippen molar-refractivity contribution in [1.29, 1.82) is 5.26 Å². The molecule has 1 atom stereocenters. The number of ether oxygens (including phenoxy) is 1. The Hall–Kier alpha value is -3.44. The van der Waals surface area contributed by atoms with E-state index in [1.165, 1.54) is 0 Å². The van der Waals surface area contributed by atoms with Crippen molar-refractivity contribution in [1.82, 2.24) is 20.1 Å². The largest absolute Gasteiger partial charge is 0.381 e. The van der Waals surface area contributed by atoms with E-state index in [1.807, 2.05) is 37.3 Å². The van der Waals surface area contributed by atoms with Crippen molar-refractivity contribution in [2.24, 2.45) is 0 Å². The topological polar surface area (TPSA) is 105 Å². The van der Waals surface area contributed by atoms with E-state index in [0.717, 1.165) is 29.4 Å². The van der Waals surface area contributed by atoms with Crippen LogP contribution in [0.25, 0.3) is 11.0 Å². The fraction of sp³-hybridized carbons (Fsp3) is 0.364. The molecule has 30 heavy (non-hydrogen) atoms. The van der Waals surface area contributed by atoms with Gasteiger partial charge >= 0.3 is 0 Å². The first kappa shape index (κ1) is 19.9. The van der Waals surface area contributed by atoms with Crippen LogP contribution >= 0.6 is 0 Å². The van der Waals surface area contributed by atoms with Crippen molar-refractivity contribution in [2.45, 2.75) is 38.4 Å². The number of aryl methyl sites for hydroxylation is 1. The molecule has 4 rings (SSSR count). The van der Waals surface area contributed by atoms with E-state index < -0.39 is 6.04 Å². The predicted molar refractivity (Wildman–Crippen MR) is 113 cm³/mol. The molecule has 1 unspecified atom stereocenters. The lowest BCUT2D eigenvalue weighted by Crippen LogP contribution is -2.31. The lowest BCUT2D eigenvalue weighted by atomic mass is 10.1. The van der Waals surface area contributed by atoms with E-state index in [0.29, 0.717) is 31.0 Å². The number of anilines is 1. The van der Waals surface area contributed by atoms with E-state index in [1.54, 1.807) is 17.1 Å². The molecule has 2 aromatic heterocycles. The van der Waals surface area contributed by atoms with Crippen LogP contribution in [0.1, 0.15) is 41.7 Å². The number of hydrogen-bond acceptors (Lipinski definition) is 6. The summed E-state index contributed by atoms with van der Waals surface area (Å²) < 4.78 is 7.26. The number of nitriles is 1. The molecule has 8 heteroatoms. The van der Waals surface area contributed by atoms with Gasteiger partial charge in [-0.1, -0.05) is 30.3 Å². The molecule has 8 nitrogen and oxygen atoms in total. The maximum atomic E-state index is 13.2. The summed E-state index contributed by atoms with van der Waals surface area (Å²) in [5.41, 5.74) is 2.57. The number of hydrogen-bond donors (Lipinski definition) is 2. The van der Waals surface area contributed by atoms with Gasteiger partial charge < -0.3 is 15.4 Å². The number of carbonyl (C=O) groups is 1. The maximum Gasteiger partial charge on any atom is 0.256 e. The summed E-state index contributed by atoms with van der Waals surface area (Å²) in [6.07, 6.45) is 5.02. The Morgan fingerprint density at radius 3 is 2.77 bits per heavy atom. The van der Waals surface area contributed by atoms with Crippen molar-refractivity contribution in [3.8, 4) is 6.07 Å². The first-order valence-electron chi connectivity index (χ1n) is 10.2. The normalized spacial score (nSPS) is 15.5. The fourth-order valence-electron chi connectivity index (χ4n) is 3.68. The average Bonchev–Trinajstić information content (AvgIpc) is 3.22. The molecule has 3 aromatic rings. The first-order valence-corrected chi connectivity index (χ1v) is 10.2. The van der Waals surface area contributed by atoms with Crippen LogP contribution in [0.3, 0.4) is 0 Å². The zero-order chi connectivity index (χ0) is 20.9. The molecule has 2 N–H and O–H groups in total. The smallest absolute Gasteiger partial charge is 0.256 e. The van der Waals surface area contributed by atoms with Crippen molar-refractivity contribution in [3.05, 3.63) is 53.9 Å². The Morgan fingerprint density at radius 2 is 2.07 bits per heavy atom. The molecule has 0 spiro atoms. The Bertz CT molecular complexity index is 1070. The molecule has 1 aliphatic heterocycles. The maximum absolute atomic E-state index is 13.2. The highest BCUT2D eigenvalue weighted by Gasteiger charge is 2.24. The van der Waals surface area contributed by atoms with E-state index in [-0.39, 0.29) is 11.9 Å². The van der Waals surface area contributed by atoms with Gasteiger partial charge in [0.25, 0.3) is 5.91 Å². The van der Waals surface area contributed by atoms with Gasteiger partial charge in [-0.25, -0.2) is 9.67 Å². The Balaban J connectivity index is 1.69. The van der Waals surface area contributed by atoms with Gasteiger partial charge in [0, 0.05) is 32.0 Å². The van der Waals surface area contributed by atoms with Gasteiger partial charge in [-0.15, -0.1) is 0 Å². The molecular weight excluding hydrogens is 380 g/mol. The summed E-state index contributed by atoms with van der Waals surface area (Å²) in [5, 5.41) is 21.1. The Kier molecular flexibility index (Phi) is 5.91.